The molecule has 1 aromatic heterocycles. The molecule has 0 bridgehead atoms. The first kappa shape index (κ1) is 25.8. The fourth-order valence-electron chi connectivity index (χ4n) is 4.71. The Hall–Kier alpha value is -3.83. The first-order chi connectivity index (χ1) is 18.5. The molecule has 5 rings (SSSR count). The van der Waals surface area contributed by atoms with Crippen molar-refractivity contribution in [1.82, 2.24) is 14.4 Å². The lowest BCUT2D eigenvalue weighted by atomic mass is 10.1. The van der Waals surface area contributed by atoms with Gasteiger partial charge in [-0.15, -0.1) is 0 Å². The molecule has 1 heterocycles. The summed E-state index contributed by atoms with van der Waals surface area (Å²) in [6, 6.07) is 29.5. The van der Waals surface area contributed by atoms with Gasteiger partial charge in [-0.3, -0.25) is 9.59 Å². The Balaban J connectivity index is 1.37. The highest BCUT2D eigenvalue weighted by Crippen LogP contribution is 2.29. The number of halogens is 1. The lowest BCUT2D eigenvalue weighted by molar-refractivity contribution is -0.133. The smallest absolute Gasteiger partial charge is 0.254 e. The van der Waals surface area contributed by atoms with Crippen LogP contribution in [-0.4, -0.2) is 38.8 Å². The maximum absolute atomic E-state index is 13.8. The standard InChI is InChI=1S/C32H32ClN3O2/c1-24-8-5-6-11-27(24)21-34-19-7-12-30(34)22-35(20-25-9-3-2-4-10-25)31(37)23-36(29-17-18-29)32(38)26-13-15-28(33)16-14-26/h2-16,19,29H,17-18,20-23H2,1H3. The van der Waals surface area contributed by atoms with E-state index in [1.807, 2.05) is 47.4 Å². The van der Waals surface area contributed by atoms with Crippen LogP contribution in [0.15, 0.2) is 97.2 Å². The highest BCUT2D eigenvalue weighted by molar-refractivity contribution is 6.30. The summed E-state index contributed by atoms with van der Waals surface area (Å²) in [6.45, 7) is 3.85. The Bertz CT molecular complexity index is 1390. The van der Waals surface area contributed by atoms with Gasteiger partial charge < -0.3 is 14.4 Å². The van der Waals surface area contributed by atoms with Gasteiger partial charge >= 0.3 is 0 Å². The quantitative estimate of drug-likeness (QED) is 0.243. The summed E-state index contributed by atoms with van der Waals surface area (Å²) < 4.78 is 2.20. The highest BCUT2D eigenvalue weighted by Gasteiger charge is 2.35. The predicted octanol–water partition coefficient (Wildman–Crippen LogP) is 6.33. The molecule has 4 aromatic rings. The topological polar surface area (TPSA) is 45.6 Å². The molecular weight excluding hydrogens is 494 g/mol. The summed E-state index contributed by atoms with van der Waals surface area (Å²) >= 11 is 6.03. The van der Waals surface area contributed by atoms with Gasteiger partial charge in [0.05, 0.1) is 6.54 Å². The predicted molar refractivity (Wildman–Crippen MR) is 151 cm³/mol. The lowest BCUT2D eigenvalue weighted by Crippen LogP contribution is -2.43. The highest BCUT2D eigenvalue weighted by atomic mass is 35.5. The van der Waals surface area contributed by atoms with Crippen LogP contribution in [0.25, 0.3) is 0 Å². The molecule has 2 amide bonds. The number of benzene rings is 3. The number of hydrogen-bond acceptors (Lipinski definition) is 2. The molecule has 0 unspecified atom stereocenters. The lowest BCUT2D eigenvalue weighted by Gasteiger charge is -2.28. The zero-order valence-electron chi connectivity index (χ0n) is 21.6. The number of aromatic nitrogens is 1. The number of carbonyl (C=O) groups excluding carboxylic acids is 2. The normalized spacial score (nSPS) is 12.8. The second kappa shape index (κ2) is 11.7. The van der Waals surface area contributed by atoms with E-state index >= 15 is 0 Å². The van der Waals surface area contributed by atoms with Crippen molar-refractivity contribution in [3.63, 3.8) is 0 Å². The van der Waals surface area contributed by atoms with Crippen molar-refractivity contribution in [2.45, 2.75) is 45.4 Å². The SMILES string of the molecule is Cc1ccccc1Cn1cccc1CN(Cc1ccccc1)C(=O)CN(C(=O)c1ccc(Cl)cc1)C1CC1. The van der Waals surface area contributed by atoms with Crippen LogP contribution in [0, 0.1) is 6.92 Å². The van der Waals surface area contributed by atoms with E-state index in [9.17, 15) is 9.59 Å². The van der Waals surface area contributed by atoms with Crippen molar-refractivity contribution in [2.24, 2.45) is 0 Å². The summed E-state index contributed by atoms with van der Waals surface area (Å²) in [6.07, 6.45) is 3.91. The number of rotatable bonds is 10. The molecule has 1 aliphatic rings. The van der Waals surface area contributed by atoms with Crippen molar-refractivity contribution < 1.29 is 9.59 Å². The number of amides is 2. The Morgan fingerprint density at radius 2 is 1.58 bits per heavy atom. The Morgan fingerprint density at radius 1 is 0.868 bits per heavy atom. The van der Waals surface area contributed by atoms with Crippen LogP contribution in [0.3, 0.4) is 0 Å². The monoisotopic (exact) mass is 525 g/mol. The second-order valence-corrected chi connectivity index (χ2v) is 10.4. The number of carbonyl (C=O) groups is 2. The van der Waals surface area contributed by atoms with Crippen LogP contribution in [0.1, 0.15) is 45.6 Å². The minimum atomic E-state index is -0.125. The number of hydrogen-bond donors (Lipinski definition) is 0. The third-order valence-corrected chi connectivity index (χ3v) is 7.34. The van der Waals surface area contributed by atoms with Gasteiger partial charge in [-0.05, 0) is 72.9 Å². The molecule has 0 saturated heterocycles. The largest absolute Gasteiger partial charge is 0.345 e. The summed E-state index contributed by atoms with van der Waals surface area (Å²) in [5, 5.41) is 0.582. The van der Waals surface area contributed by atoms with Crippen LogP contribution in [-0.2, 0) is 24.4 Å². The van der Waals surface area contributed by atoms with E-state index in [1.165, 1.54) is 11.1 Å². The molecule has 1 fully saturated rings. The average Bonchev–Trinajstić information content (AvgIpc) is 3.68. The van der Waals surface area contributed by atoms with E-state index in [4.69, 9.17) is 11.6 Å². The molecule has 38 heavy (non-hydrogen) atoms. The van der Waals surface area contributed by atoms with Gasteiger partial charge in [0.15, 0.2) is 0 Å². The summed E-state index contributed by atoms with van der Waals surface area (Å²) in [4.78, 5) is 30.8. The van der Waals surface area contributed by atoms with Crippen molar-refractivity contribution >= 4 is 23.4 Å². The van der Waals surface area contributed by atoms with E-state index in [0.29, 0.717) is 23.7 Å². The minimum absolute atomic E-state index is 0.0530. The van der Waals surface area contributed by atoms with Gasteiger partial charge in [-0.2, -0.15) is 0 Å². The summed E-state index contributed by atoms with van der Waals surface area (Å²) in [5.74, 6) is -0.188. The molecule has 0 aliphatic heterocycles. The van der Waals surface area contributed by atoms with Gasteiger partial charge in [0, 0.05) is 41.6 Å². The molecule has 1 aliphatic carbocycles. The molecule has 0 spiro atoms. The van der Waals surface area contributed by atoms with E-state index in [-0.39, 0.29) is 24.4 Å². The molecule has 0 radical (unpaired) electrons. The van der Waals surface area contributed by atoms with E-state index in [2.05, 4.69) is 42.0 Å². The molecule has 1 saturated carbocycles. The van der Waals surface area contributed by atoms with Crippen LogP contribution < -0.4 is 0 Å². The van der Waals surface area contributed by atoms with E-state index in [1.54, 1.807) is 29.2 Å². The number of aryl methyl sites for hydroxylation is 1. The van der Waals surface area contributed by atoms with Gasteiger partial charge in [-0.25, -0.2) is 0 Å². The Morgan fingerprint density at radius 3 is 2.29 bits per heavy atom. The van der Waals surface area contributed by atoms with Crippen molar-refractivity contribution in [3.05, 3.63) is 130 Å². The molecule has 194 valence electrons. The molecule has 0 N–H and O–H groups in total. The number of nitrogens with zero attached hydrogens (tertiary/aromatic N) is 3. The first-order valence-electron chi connectivity index (χ1n) is 13.0. The summed E-state index contributed by atoms with van der Waals surface area (Å²) in [5.41, 5.74) is 5.15. The third kappa shape index (κ3) is 6.35. The molecule has 6 heteroatoms. The Kier molecular flexibility index (Phi) is 7.94. The second-order valence-electron chi connectivity index (χ2n) is 9.96. The Labute approximate surface area is 229 Å². The van der Waals surface area contributed by atoms with Crippen molar-refractivity contribution in [1.29, 1.82) is 0 Å². The summed E-state index contributed by atoms with van der Waals surface area (Å²) in [7, 11) is 0. The van der Waals surface area contributed by atoms with Crippen molar-refractivity contribution in [3.8, 4) is 0 Å². The van der Waals surface area contributed by atoms with Crippen LogP contribution >= 0.6 is 11.6 Å². The van der Waals surface area contributed by atoms with E-state index in [0.717, 1.165) is 30.6 Å². The maximum atomic E-state index is 13.8. The van der Waals surface area contributed by atoms with Gasteiger partial charge in [0.2, 0.25) is 5.91 Å². The van der Waals surface area contributed by atoms with Crippen LogP contribution in [0.4, 0.5) is 0 Å². The average molecular weight is 526 g/mol. The molecular formula is C32H32ClN3O2. The fraction of sp³-hybridized carbons (Fsp3) is 0.250. The van der Waals surface area contributed by atoms with Gasteiger partial charge in [0.1, 0.15) is 6.54 Å². The molecule has 5 nitrogen and oxygen atoms in total. The molecule has 3 aromatic carbocycles. The molecule has 0 atom stereocenters. The first-order valence-corrected chi connectivity index (χ1v) is 13.4. The van der Waals surface area contributed by atoms with E-state index < -0.39 is 0 Å². The van der Waals surface area contributed by atoms with Crippen LogP contribution in [0.5, 0.6) is 0 Å². The fourth-order valence-corrected chi connectivity index (χ4v) is 4.83. The van der Waals surface area contributed by atoms with Crippen molar-refractivity contribution in [2.75, 3.05) is 6.54 Å². The zero-order chi connectivity index (χ0) is 26.5. The third-order valence-electron chi connectivity index (χ3n) is 7.09. The van der Waals surface area contributed by atoms with Gasteiger partial charge in [-0.1, -0.05) is 66.2 Å². The van der Waals surface area contributed by atoms with Crippen LogP contribution in [0.2, 0.25) is 5.02 Å². The zero-order valence-corrected chi connectivity index (χ0v) is 22.3. The maximum Gasteiger partial charge on any atom is 0.254 e. The van der Waals surface area contributed by atoms with Gasteiger partial charge in [0.25, 0.3) is 5.91 Å². The minimum Gasteiger partial charge on any atom is -0.345 e.